The molecule has 0 aliphatic rings. The van der Waals surface area contributed by atoms with Gasteiger partial charge in [-0.3, -0.25) is 4.57 Å². The highest BCUT2D eigenvalue weighted by molar-refractivity contribution is 6.09. The number of ether oxygens (including phenoxy) is 1. The molecule has 0 fully saturated rings. The molecule has 0 unspecified atom stereocenters. The number of rotatable bonds is 8. The van der Waals surface area contributed by atoms with Crippen molar-refractivity contribution in [3.63, 3.8) is 0 Å². The Balaban J connectivity index is 1.33. The van der Waals surface area contributed by atoms with Crippen LogP contribution in [0.15, 0.2) is 91.1 Å². The van der Waals surface area contributed by atoms with Crippen LogP contribution in [-0.4, -0.2) is 19.3 Å². The largest absolute Gasteiger partial charge is 0.457 e. The maximum absolute atomic E-state index is 6.73. The second-order valence-corrected chi connectivity index (χ2v) is 14.1. The van der Waals surface area contributed by atoms with Gasteiger partial charge in [-0.2, -0.15) is 5.10 Å². The third-order valence-electron chi connectivity index (χ3n) is 9.92. The van der Waals surface area contributed by atoms with Crippen LogP contribution in [-0.2, 0) is 6.42 Å². The number of hydrogen-bond acceptors (Lipinski definition) is 3. The Hall–Kier alpha value is -5.16. The van der Waals surface area contributed by atoms with E-state index in [9.17, 15) is 0 Å². The molecule has 0 aliphatic heterocycles. The van der Waals surface area contributed by atoms with Crippen LogP contribution in [0.25, 0.3) is 44.4 Å². The Bertz CT molecular complexity index is 2330. The van der Waals surface area contributed by atoms with E-state index in [1.165, 1.54) is 49.7 Å². The van der Waals surface area contributed by atoms with E-state index in [-0.39, 0.29) is 0 Å². The first-order valence-electron chi connectivity index (χ1n) is 17.5. The Morgan fingerprint density at radius 3 is 2.08 bits per heavy atom. The van der Waals surface area contributed by atoms with E-state index in [1.54, 1.807) is 0 Å². The van der Waals surface area contributed by atoms with Crippen molar-refractivity contribution in [1.29, 1.82) is 0 Å². The van der Waals surface area contributed by atoms with Gasteiger partial charge in [0.05, 0.1) is 22.4 Å². The molecule has 49 heavy (non-hydrogen) atoms. The molecule has 0 spiro atoms. The van der Waals surface area contributed by atoms with Crippen LogP contribution in [0.3, 0.4) is 0 Å². The Labute approximate surface area is 290 Å². The molecular formula is C44H46N4O. The molecule has 5 heteroatoms. The topological polar surface area (TPSA) is 44.9 Å². The number of para-hydroxylation sites is 1. The van der Waals surface area contributed by atoms with Crippen LogP contribution in [0, 0.1) is 27.7 Å². The lowest BCUT2D eigenvalue weighted by Crippen LogP contribution is -2.02. The molecule has 248 valence electrons. The van der Waals surface area contributed by atoms with Crippen molar-refractivity contribution in [3.05, 3.63) is 130 Å². The number of benzene rings is 4. The smallest absolute Gasteiger partial charge is 0.137 e. The molecule has 3 aromatic heterocycles. The van der Waals surface area contributed by atoms with Gasteiger partial charge in [-0.15, -0.1) is 0 Å². The van der Waals surface area contributed by atoms with Gasteiger partial charge >= 0.3 is 0 Å². The van der Waals surface area contributed by atoms with Gasteiger partial charge in [-0.1, -0.05) is 65.0 Å². The van der Waals surface area contributed by atoms with Crippen molar-refractivity contribution < 1.29 is 4.74 Å². The van der Waals surface area contributed by atoms with Gasteiger partial charge in [-0.25, -0.2) is 9.67 Å². The second kappa shape index (κ2) is 12.7. The van der Waals surface area contributed by atoms with Crippen LogP contribution in [0.5, 0.6) is 11.5 Å². The lowest BCUT2D eigenvalue weighted by atomic mass is 9.89. The van der Waals surface area contributed by atoms with Gasteiger partial charge in [0.1, 0.15) is 17.3 Å². The molecule has 0 amide bonds. The summed E-state index contributed by atoms with van der Waals surface area (Å²) in [7, 11) is 0. The summed E-state index contributed by atoms with van der Waals surface area (Å²) in [5.41, 5.74) is 14.2. The molecule has 0 bridgehead atoms. The average Bonchev–Trinajstić information content (AvgIpc) is 3.57. The molecule has 0 N–H and O–H groups in total. The third kappa shape index (κ3) is 5.82. The Kier molecular flexibility index (Phi) is 8.40. The molecule has 0 aliphatic carbocycles. The zero-order valence-corrected chi connectivity index (χ0v) is 30.2. The molecule has 7 rings (SSSR count). The summed E-state index contributed by atoms with van der Waals surface area (Å²) < 4.78 is 11.1. The fourth-order valence-electron chi connectivity index (χ4n) is 7.30. The fourth-order valence-corrected chi connectivity index (χ4v) is 7.30. The number of fused-ring (bicyclic) bond motifs is 3. The predicted molar refractivity (Wildman–Crippen MR) is 204 cm³/mol. The minimum atomic E-state index is 0.314. The summed E-state index contributed by atoms with van der Waals surface area (Å²) >= 11 is 0. The maximum Gasteiger partial charge on any atom is 0.137 e. The average molecular weight is 647 g/mol. The molecule has 3 heterocycles. The van der Waals surface area contributed by atoms with E-state index in [4.69, 9.17) is 14.8 Å². The lowest BCUT2D eigenvalue weighted by molar-refractivity contribution is 0.481. The molecule has 4 aromatic carbocycles. The Morgan fingerprint density at radius 2 is 1.37 bits per heavy atom. The van der Waals surface area contributed by atoms with Crippen molar-refractivity contribution in [3.8, 4) is 34.1 Å². The van der Waals surface area contributed by atoms with Gasteiger partial charge < -0.3 is 4.74 Å². The predicted octanol–water partition coefficient (Wildman–Crippen LogP) is 11.9. The summed E-state index contributed by atoms with van der Waals surface area (Å²) in [5.74, 6) is 3.28. The highest BCUT2D eigenvalue weighted by atomic mass is 16.5. The second-order valence-electron chi connectivity index (χ2n) is 14.1. The SMILES string of the molecule is CCc1ccnc(-n2c3ccccc3c3ccc(Oc4cc(C(C)C)cc(-n5nc(C)c(-c6c(C)cc(C(C)C)cc6C)c5C)c4)cc32)c1. The first-order valence-corrected chi connectivity index (χ1v) is 17.5. The minimum Gasteiger partial charge on any atom is -0.457 e. The molecule has 7 aromatic rings. The number of nitrogens with zero attached hydrogens (tertiary/aromatic N) is 4. The molecule has 0 radical (unpaired) electrons. The normalized spacial score (nSPS) is 11.8. The van der Waals surface area contributed by atoms with Crippen molar-refractivity contribution in [2.45, 2.75) is 80.6 Å². The van der Waals surface area contributed by atoms with Crippen LogP contribution < -0.4 is 4.74 Å². The summed E-state index contributed by atoms with van der Waals surface area (Å²) in [5, 5.41) is 7.49. The first kappa shape index (κ1) is 32.4. The first-order chi connectivity index (χ1) is 23.5. The van der Waals surface area contributed by atoms with Gasteiger partial charge in [0.25, 0.3) is 0 Å². The quantitative estimate of drug-likeness (QED) is 0.165. The van der Waals surface area contributed by atoms with E-state index in [1.807, 2.05) is 6.20 Å². The fraction of sp³-hybridized carbons (Fsp3) is 0.273. The molecule has 0 saturated heterocycles. The van der Waals surface area contributed by atoms with Gasteiger partial charge in [0.15, 0.2) is 0 Å². The number of aromatic nitrogens is 4. The van der Waals surface area contributed by atoms with Crippen molar-refractivity contribution in [1.82, 2.24) is 19.3 Å². The summed E-state index contributed by atoms with van der Waals surface area (Å²) in [6, 6.07) is 30.4. The highest BCUT2D eigenvalue weighted by Gasteiger charge is 2.21. The monoisotopic (exact) mass is 646 g/mol. The maximum atomic E-state index is 6.73. The minimum absolute atomic E-state index is 0.314. The van der Waals surface area contributed by atoms with Crippen LogP contribution in [0.1, 0.15) is 85.7 Å². The zero-order valence-electron chi connectivity index (χ0n) is 30.2. The van der Waals surface area contributed by atoms with E-state index in [0.29, 0.717) is 11.8 Å². The van der Waals surface area contributed by atoms with E-state index in [0.717, 1.165) is 51.8 Å². The standard InChI is InChI=1S/C44H46N4O/c1-10-32-17-18-45-42(21-32)47-40-14-12-11-13-38(40)39-16-15-36(25-41(39)47)49-37-23-34(27(4)5)22-35(24-37)48-31(9)44(30(8)46-48)43-28(6)19-33(26(2)3)20-29(43)7/h11-27H,10H2,1-9H3. The number of pyridine rings is 1. The molecular weight excluding hydrogens is 601 g/mol. The molecule has 0 saturated carbocycles. The van der Waals surface area contributed by atoms with E-state index < -0.39 is 0 Å². The van der Waals surface area contributed by atoms with Crippen LogP contribution in [0.2, 0.25) is 0 Å². The Morgan fingerprint density at radius 1 is 0.673 bits per heavy atom. The third-order valence-corrected chi connectivity index (χ3v) is 9.92. The van der Waals surface area contributed by atoms with Gasteiger partial charge in [0.2, 0.25) is 0 Å². The zero-order chi connectivity index (χ0) is 34.6. The highest BCUT2D eigenvalue weighted by Crippen LogP contribution is 2.38. The summed E-state index contributed by atoms with van der Waals surface area (Å²) in [6.07, 6.45) is 2.86. The van der Waals surface area contributed by atoms with Gasteiger partial charge in [0, 0.05) is 40.4 Å². The summed E-state index contributed by atoms with van der Waals surface area (Å²) in [6.45, 7) is 19.9. The van der Waals surface area contributed by atoms with Crippen molar-refractivity contribution in [2.75, 3.05) is 0 Å². The number of hydrogen-bond donors (Lipinski definition) is 0. The van der Waals surface area contributed by atoms with Crippen molar-refractivity contribution in [2.24, 2.45) is 0 Å². The van der Waals surface area contributed by atoms with Crippen LogP contribution in [0.4, 0.5) is 0 Å². The molecule has 0 atom stereocenters. The van der Waals surface area contributed by atoms with E-state index in [2.05, 4.69) is 156 Å². The molecule has 5 nitrogen and oxygen atoms in total. The van der Waals surface area contributed by atoms with Crippen molar-refractivity contribution >= 4 is 21.8 Å². The summed E-state index contributed by atoms with van der Waals surface area (Å²) in [4.78, 5) is 4.79. The lowest BCUT2D eigenvalue weighted by Gasteiger charge is -2.16. The van der Waals surface area contributed by atoms with Crippen LogP contribution >= 0.6 is 0 Å². The van der Waals surface area contributed by atoms with Gasteiger partial charge in [-0.05, 0) is 122 Å². The number of aryl methyl sites for hydroxylation is 4. The van der Waals surface area contributed by atoms with E-state index >= 15 is 0 Å².